The van der Waals surface area contributed by atoms with Crippen molar-refractivity contribution in [2.45, 2.75) is 45.5 Å². The highest BCUT2D eigenvalue weighted by Crippen LogP contribution is 2.26. The molecule has 8 heteroatoms. The largest absolute Gasteiger partial charge is 0.483 e. The lowest BCUT2D eigenvalue weighted by Crippen LogP contribution is -2.16. The van der Waals surface area contributed by atoms with E-state index in [4.69, 9.17) is 16.3 Å². The van der Waals surface area contributed by atoms with Crippen LogP contribution in [0, 0.1) is 13.8 Å². The van der Waals surface area contributed by atoms with Crippen LogP contribution in [0.15, 0.2) is 47.6 Å². The summed E-state index contributed by atoms with van der Waals surface area (Å²) in [7, 11) is 0. The summed E-state index contributed by atoms with van der Waals surface area (Å²) in [5.74, 6) is 1.62. The Morgan fingerprint density at radius 1 is 1.23 bits per heavy atom. The maximum atomic E-state index is 12.4. The number of anilines is 1. The predicted molar refractivity (Wildman–Crippen MR) is 121 cm³/mol. The Labute approximate surface area is 186 Å². The maximum absolute atomic E-state index is 12.4. The van der Waals surface area contributed by atoms with E-state index in [1.807, 2.05) is 68.7 Å². The van der Waals surface area contributed by atoms with Gasteiger partial charge >= 0.3 is 0 Å². The molecule has 0 spiro atoms. The topological polar surface area (TPSA) is 69.0 Å². The molecule has 0 bridgehead atoms. The Balaban J connectivity index is 1.65. The molecule has 0 saturated carbocycles. The number of hydrogen-bond donors (Lipinski definition) is 1. The minimum atomic E-state index is -0.267. The fourth-order valence-corrected chi connectivity index (χ4v) is 3.99. The number of halogens is 1. The minimum absolute atomic E-state index is 0.123. The highest BCUT2D eigenvalue weighted by molar-refractivity contribution is 7.99. The fourth-order valence-electron chi connectivity index (χ4n) is 3.01. The Kier molecular flexibility index (Phi) is 7.39. The standard InChI is InChI=1S/C22H25ClN4O2S/c1-5-27-21(16(4)29-17-9-6-8-14(2)12-17)25-26-22(27)30-13-20(28)24-19-11-7-10-18(23)15(19)3/h6-12,16H,5,13H2,1-4H3,(H,24,28). The minimum Gasteiger partial charge on any atom is -0.483 e. The van der Waals surface area contributed by atoms with E-state index in [-0.39, 0.29) is 17.8 Å². The Morgan fingerprint density at radius 3 is 2.73 bits per heavy atom. The lowest BCUT2D eigenvalue weighted by molar-refractivity contribution is -0.113. The second kappa shape index (κ2) is 10.00. The summed E-state index contributed by atoms with van der Waals surface area (Å²) < 4.78 is 8.02. The number of nitrogens with zero attached hydrogens (tertiary/aromatic N) is 3. The number of amides is 1. The van der Waals surface area contributed by atoms with Crippen LogP contribution in [0.1, 0.15) is 36.9 Å². The van der Waals surface area contributed by atoms with Crippen LogP contribution in [-0.4, -0.2) is 26.4 Å². The number of hydrogen-bond acceptors (Lipinski definition) is 5. The molecule has 1 amide bonds. The molecule has 2 aromatic carbocycles. The zero-order valence-corrected chi connectivity index (χ0v) is 19.0. The normalized spacial score (nSPS) is 11.9. The maximum Gasteiger partial charge on any atom is 0.234 e. The van der Waals surface area contributed by atoms with Crippen molar-refractivity contribution in [3.8, 4) is 5.75 Å². The Hall–Kier alpha value is -2.51. The van der Waals surface area contributed by atoms with E-state index in [0.29, 0.717) is 22.4 Å². The van der Waals surface area contributed by atoms with Gasteiger partial charge in [0, 0.05) is 17.3 Å². The number of nitrogens with one attached hydrogen (secondary N) is 1. The number of carbonyl (C=O) groups is 1. The lowest BCUT2D eigenvalue weighted by Gasteiger charge is -2.16. The van der Waals surface area contributed by atoms with Crippen LogP contribution in [0.3, 0.4) is 0 Å². The molecule has 6 nitrogen and oxygen atoms in total. The summed E-state index contributed by atoms with van der Waals surface area (Å²) in [6, 6.07) is 13.3. The molecule has 0 saturated heterocycles. The number of thioether (sulfide) groups is 1. The van der Waals surface area contributed by atoms with Gasteiger partial charge in [0.05, 0.1) is 5.75 Å². The van der Waals surface area contributed by atoms with Gasteiger partial charge in [0.25, 0.3) is 0 Å². The molecule has 0 aliphatic rings. The first kappa shape index (κ1) is 22.2. The van der Waals surface area contributed by atoms with Crippen LogP contribution >= 0.6 is 23.4 Å². The number of carbonyl (C=O) groups excluding carboxylic acids is 1. The zero-order chi connectivity index (χ0) is 21.7. The molecule has 158 valence electrons. The molecule has 1 N–H and O–H groups in total. The molecule has 0 radical (unpaired) electrons. The molecule has 3 rings (SSSR count). The van der Waals surface area contributed by atoms with Gasteiger partial charge in [-0.25, -0.2) is 0 Å². The number of ether oxygens (including phenoxy) is 1. The molecule has 30 heavy (non-hydrogen) atoms. The fraction of sp³-hybridized carbons (Fsp3) is 0.318. The molecular weight excluding hydrogens is 420 g/mol. The van der Waals surface area contributed by atoms with Gasteiger partial charge in [-0.3, -0.25) is 4.79 Å². The van der Waals surface area contributed by atoms with E-state index < -0.39 is 0 Å². The molecule has 1 aromatic heterocycles. The third-order valence-electron chi connectivity index (χ3n) is 4.60. The number of aryl methyl sites for hydroxylation is 1. The van der Waals surface area contributed by atoms with Crippen LogP contribution in [0.25, 0.3) is 0 Å². The highest BCUT2D eigenvalue weighted by Gasteiger charge is 2.19. The van der Waals surface area contributed by atoms with Crippen LogP contribution in [-0.2, 0) is 11.3 Å². The van der Waals surface area contributed by atoms with E-state index in [0.717, 1.165) is 22.7 Å². The zero-order valence-electron chi connectivity index (χ0n) is 17.5. The average molecular weight is 445 g/mol. The van der Waals surface area contributed by atoms with Crippen molar-refractivity contribution < 1.29 is 9.53 Å². The van der Waals surface area contributed by atoms with Crippen LogP contribution in [0.2, 0.25) is 5.02 Å². The van der Waals surface area contributed by atoms with Crippen molar-refractivity contribution in [1.29, 1.82) is 0 Å². The Bertz CT molecular complexity index is 1040. The molecule has 1 atom stereocenters. The number of benzene rings is 2. The van der Waals surface area contributed by atoms with Gasteiger partial charge in [-0.2, -0.15) is 0 Å². The molecule has 0 fully saturated rings. The van der Waals surface area contributed by atoms with Crippen molar-refractivity contribution in [1.82, 2.24) is 14.8 Å². The van der Waals surface area contributed by atoms with Crippen molar-refractivity contribution >= 4 is 35.0 Å². The molecular formula is C22H25ClN4O2S. The predicted octanol–water partition coefficient (Wildman–Crippen LogP) is 5.44. The van der Waals surface area contributed by atoms with Crippen molar-refractivity contribution in [2.75, 3.05) is 11.1 Å². The summed E-state index contributed by atoms with van der Waals surface area (Å²) in [4.78, 5) is 12.4. The first-order valence-electron chi connectivity index (χ1n) is 9.73. The van der Waals surface area contributed by atoms with E-state index >= 15 is 0 Å². The van der Waals surface area contributed by atoms with Gasteiger partial charge < -0.3 is 14.6 Å². The van der Waals surface area contributed by atoms with Gasteiger partial charge in [-0.05, 0) is 63.1 Å². The lowest BCUT2D eigenvalue weighted by atomic mass is 10.2. The summed E-state index contributed by atoms with van der Waals surface area (Å²) in [6.07, 6.45) is -0.267. The molecule has 0 aliphatic carbocycles. The number of aromatic nitrogens is 3. The van der Waals surface area contributed by atoms with Gasteiger partial charge in [-0.1, -0.05) is 41.6 Å². The molecule has 3 aromatic rings. The molecule has 0 aliphatic heterocycles. The highest BCUT2D eigenvalue weighted by atomic mass is 35.5. The van der Waals surface area contributed by atoms with Gasteiger partial charge in [0.1, 0.15) is 5.75 Å². The number of rotatable bonds is 8. The van der Waals surface area contributed by atoms with Crippen LogP contribution < -0.4 is 10.1 Å². The van der Waals surface area contributed by atoms with Crippen LogP contribution in [0.4, 0.5) is 5.69 Å². The van der Waals surface area contributed by atoms with Gasteiger partial charge in [-0.15, -0.1) is 10.2 Å². The molecule has 1 unspecified atom stereocenters. The van der Waals surface area contributed by atoms with Crippen LogP contribution in [0.5, 0.6) is 5.75 Å². The third kappa shape index (κ3) is 5.34. The average Bonchev–Trinajstić information content (AvgIpc) is 3.13. The van der Waals surface area contributed by atoms with Crippen molar-refractivity contribution in [3.63, 3.8) is 0 Å². The van der Waals surface area contributed by atoms with E-state index in [9.17, 15) is 4.79 Å². The third-order valence-corrected chi connectivity index (χ3v) is 5.98. The monoisotopic (exact) mass is 444 g/mol. The molecule has 1 heterocycles. The first-order valence-corrected chi connectivity index (χ1v) is 11.1. The summed E-state index contributed by atoms with van der Waals surface area (Å²) >= 11 is 7.46. The second-order valence-corrected chi connectivity index (χ2v) is 8.26. The first-order chi connectivity index (χ1) is 14.4. The van der Waals surface area contributed by atoms with Crippen molar-refractivity contribution in [3.05, 3.63) is 64.4 Å². The van der Waals surface area contributed by atoms with E-state index in [2.05, 4.69) is 15.5 Å². The van der Waals surface area contributed by atoms with Gasteiger partial charge in [0.15, 0.2) is 17.1 Å². The van der Waals surface area contributed by atoms with E-state index in [1.165, 1.54) is 11.8 Å². The summed E-state index contributed by atoms with van der Waals surface area (Å²) in [6.45, 7) is 8.55. The second-order valence-electron chi connectivity index (χ2n) is 6.91. The Morgan fingerprint density at radius 2 is 2.00 bits per heavy atom. The quantitative estimate of drug-likeness (QED) is 0.468. The van der Waals surface area contributed by atoms with Gasteiger partial charge in [0.2, 0.25) is 5.91 Å². The SMILES string of the molecule is CCn1c(SCC(=O)Nc2cccc(Cl)c2C)nnc1C(C)Oc1cccc(C)c1. The summed E-state index contributed by atoms with van der Waals surface area (Å²) in [5, 5.41) is 12.8. The van der Waals surface area contributed by atoms with E-state index in [1.54, 1.807) is 6.07 Å². The van der Waals surface area contributed by atoms with Crippen molar-refractivity contribution in [2.24, 2.45) is 0 Å². The smallest absolute Gasteiger partial charge is 0.234 e. The summed E-state index contributed by atoms with van der Waals surface area (Å²) in [5.41, 5.74) is 2.69.